The van der Waals surface area contributed by atoms with Crippen molar-refractivity contribution >= 4 is 11.9 Å². The second-order valence-electron chi connectivity index (χ2n) is 4.94. The largest absolute Gasteiger partial charge is 0.481 e. The number of piperidine rings is 1. The SMILES string of the molecule is O=C(O)[C@@H]1CCCN(C(=O)Cc2ccc(F)c(F)c2)C1. The zero-order valence-corrected chi connectivity index (χ0v) is 10.8. The Morgan fingerprint density at radius 3 is 2.70 bits per heavy atom. The number of rotatable bonds is 3. The summed E-state index contributed by atoms with van der Waals surface area (Å²) in [6.45, 7) is 0.685. The third-order valence-corrected chi connectivity index (χ3v) is 3.46. The van der Waals surface area contributed by atoms with Crippen LogP contribution in [0.1, 0.15) is 18.4 Å². The minimum atomic E-state index is -0.989. The Morgan fingerprint density at radius 1 is 1.30 bits per heavy atom. The highest BCUT2D eigenvalue weighted by Crippen LogP contribution is 2.18. The van der Waals surface area contributed by atoms with Gasteiger partial charge in [0.25, 0.3) is 0 Å². The lowest BCUT2D eigenvalue weighted by Gasteiger charge is -2.30. The molecule has 0 spiro atoms. The van der Waals surface area contributed by atoms with Crippen LogP contribution in [0.5, 0.6) is 0 Å². The molecule has 1 aliphatic heterocycles. The summed E-state index contributed by atoms with van der Waals surface area (Å²) in [6, 6.07) is 3.33. The van der Waals surface area contributed by atoms with E-state index in [0.717, 1.165) is 12.1 Å². The number of aliphatic carboxylic acids is 1. The summed E-state index contributed by atoms with van der Waals surface area (Å²) in [4.78, 5) is 24.5. The molecule has 0 bridgehead atoms. The Labute approximate surface area is 115 Å². The fraction of sp³-hybridized carbons (Fsp3) is 0.429. The molecule has 1 N–H and O–H groups in total. The van der Waals surface area contributed by atoms with E-state index in [0.29, 0.717) is 24.9 Å². The van der Waals surface area contributed by atoms with Gasteiger partial charge in [0.2, 0.25) is 5.91 Å². The van der Waals surface area contributed by atoms with E-state index in [1.165, 1.54) is 11.0 Å². The summed E-state index contributed by atoms with van der Waals surface area (Å²) < 4.78 is 25.9. The van der Waals surface area contributed by atoms with Crippen LogP contribution in [-0.2, 0) is 16.0 Å². The van der Waals surface area contributed by atoms with Gasteiger partial charge in [0.1, 0.15) is 0 Å². The van der Waals surface area contributed by atoms with Crippen LogP contribution in [0.15, 0.2) is 18.2 Å². The summed E-state index contributed by atoms with van der Waals surface area (Å²) in [5, 5.41) is 8.97. The average molecular weight is 283 g/mol. The van der Waals surface area contributed by atoms with E-state index >= 15 is 0 Å². The van der Waals surface area contributed by atoms with Crippen LogP contribution < -0.4 is 0 Å². The van der Waals surface area contributed by atoms with E-state index in [9.17, 15) is 18.4 Å². The Bertz CT molecular complexity index is 533. The highest BCUT2D eigenvalue weighted by atomic mass is 19.2. The Hall–Kier alpha value is -1.98. The van der Waals surface area contributed by atoms with Crippen LogP contribution in [0.4, 0.5) is 8.78 Å². The average Bonchev–Trinajstić information content (AvgIpc) is 2.43. The monoisotopic (exact) mass is 283 g/mol. The fourth-order valence-corrected chi connectivity index (χ4v) is 2.34. The minimum absolute atomic E-state index is 0.0520. The molecule has 2 rings (SSSR count). The molecule has 0 aliphatic carbocycles. The molecule has 1 heterocycles. The van der Waals surface area contributed by atoms with Crippen molar-refractivity contribution in [1.82, 2.24) is 4.90 Å². The molecule has 6 heteroatoms. The van der Waals surface area contributed by atoms with Gasteiger partial charge in [-0.3, -0.25) is 9.59 Å². The molecule has 1 fully saturated rings. The standard InChI is InChI=1S/C14H15F2NO3/c15-11-4-3-9(6-12(11)16)7-13(18)17-5-1-2-10(8-17)14(19)20/h3-4,6,10H,1-2,5,7-8H2,(H,19,20)/t10-/m1/s1. The summed E-state index contributed by atoms with van der Waals surface area (Å²) in [5.74, 6) is -3.66. The molecule has 20 heavy (non-hydrogen) atoms. The van der Waals surface area contributed by atoms with Crippen molar-refractivity contribution in [2.75, 3.05) is 13.1 Å². The maximum absolute atomic E-state index is 13.1. The van der Waals surface area contributed by atoms with Crippen molar-refractivity contribution < 1.29 is 23.5 Å². The van der Waals surface area contributed by atoms with Crippen LogP contribution in [0.25, 0.3) is 0 Å². The number of carbonyl (C=O) groups is 2. The second kappa shape index (κ2) is 5.98. The molecule has 1 aromatic carbocycles. The van der Waals surface area contributed by atoms with E-state index in [-0.39, 0.29) is 18.9 Å². The van der Waals surface area contributed by atoms with E-state index in [1.54, 1.807) is 0 Å². The maximum Gasteiger partial charge on any atom is 0.308 e. The first kappa shape index (κ1) is 14.4. The van der Waals surface area contributed by atoms with Crippen molar-refractivity contribution in [1.29, 1.82) is 0 Å². The molecule has 1 aliphatic rings. The van der Waals surface area contributed by atoms with Gasteiger partial charge in [-0.25, -0.2) is 8.78 Å². The first-order valence-corrected chi connectivity index (χ1v) is 6.42. The number of carboxylic acids is 1. The van der Waals surface area contributed by atoms with Gasteiger partial charge in [0, 0.05) is 13.1 Å². The van der Waals surface area contributed by atoms with Gasteiger partial charge < -0.3 is 10.0 Å². The summed E-state index contributed by atoms with van der Waals surface area (Å²) in [7, 11) is 0. The van der Waals surface area contributed by atoms with Gasteiger partial charge in [0.15, 0.2) is 11.6 Å². The zero-order chi connectivity index (χ0) is 14.7. The maximum atomic E-state index is 13.1. The van der Waals surface area contributed by atoms with Gasteiger partial charge in [-0.1, -0.05) is 6.07 Å². The lowest BCUT2D eigenvalue weighted by atomic mass is 9.97. The summed E-state index contributed by atoms with van der Waals surface area (Å²) >= 11 is 0. The van der Waals surface area contributed by atoms with E-state index in [2.05, 4.69) is 0 Å². The first-order valence-electron chi connectivity index (χ1n) is 6.42. The van der Waals surface area contributed by atoms with Gasteiger partial charge in [-0.05, 0) is 30.5 Å². The number of hydrogen-bond acceptors (Lipinski definition) is 2. The molecule has 0 saturated carbocycles. The quantitative estimate of drug-likeness (QED) is 0.920. The van der Waals surface area contributed by atoms with Crippen molar-refractivity contribution in [3.63, 3.8) is 0 Å². The molecule has 1 atom stereocenters. The molecular formula is C14H15F2NO3. The van der Waals surface area contributed by atoms with Crippen LogP contribution in [0, 0.1) is 17.6 Å². The predicted molar refractivity (Wildman–Crippen MR) is 67.0 cm³/mol. The minimum Gasteiger partial charge on any atom is -0.481 e. The molecule has 108 valence electrons. The fourth-order valence-electron chi connectivity index (χ4n) is 2.34. The first-order chi connectivity index (χ1) is 9.47. The third-order valence-electron chi connectivity index (χ3n) is 3.46. The number of amides is 1. The number of carbonyl (C=O) groups excluding carboxylic acids is 1. The lowest BCUT2D eigenvalue weighted by molar-refractivity contribution is -0.145. The number of benzene rings is 1. The molecule has 4 nitrogen and oxygen atoms in total. The smallest absolute Gasteiger partial charge is 0.308 e. The number of halogens is 2. The number of carboxylic acid groups (broad SMARTS) is 1. The number of nitrogens with zero attached hydrogens (tertiary/aromatic N) is 1. The number of likely N-dealkylation sites (tertiary alicyclic amines) is 1. The summed E-state index contributed by atoms with van der Waals surface area (Å²) in [5.41, 5.74) is 0.381. The van der Waals surface area contributed by atoms with E-state index in [4.69, 9.17) is 5.11 Å². The molecule has 1 aromatic rings. The Balaban J connectivity index is 2.00. The van der Waals surface area contributed by atoms with Crippen molar-refractivity contribution in [3.8, 4) is 0 Å². The second-order valence-corrected chi connectivity index (χ2v) is 4.94. The number of hydrogen-bond donors (Lipinski definition) is 1. The normalized spacial score (nSPS) is 18.9. The zero-order valence-electron chi connectivity index (χ0n) is 10.8. The van der Waals surface area contributed by atoms with Crippen LogP contribution in [0.3, 0.4) is 0 Å². The highest BCUT2D eigenvalue weighted by molar-refractivity contribution is 5.80. The topological polar surface area (TPSA) is 57.6 Å². The van der Waals surface area contributed by atoms with Gasteiger partial charge in [-0.2, -0.15) is 0 Å². The summed E-state index contributed by atoms with van der Waals surface area (Å²) in [6.07, 6.45) is 1.15. The molecule has 0 aromatic heterocycles. The highest BCUT2D eigenvalue weighted by Gasteiger charge is 2.28. The lowest BCUT2D eigenvalue weighted by Crippen LogP contribution is -2.43. The Kier molecular flexibility index (Phi) is 4.32. The van der Waals surface area contributed by atoms with Gasteiger partial charge in [0.05, 0.1) is 12.3 Å². The predicted octanol–water partition coefficient (Wildman–Crippen LogP) is 1.83. The molecule has 1 amide bonds. The van der Waals surface area contributed by atoms with E-state index < -0.39 is 23.5 Å². The van der Waals surface area contributed by atoms with Gasteiger partial charge >= 0.3 is 5.97 Å². The van der Waals surface area contributed by atoms with Crippen molar-refractivity contribution in [3.05, 3.63) is 35.4 Å². The third kappa shape index (κ3) is 3.31. The van der Waals surface area contributed by atoms with Crippen LogP contribution >= 0.6 is 0 Å². The van der Waals surface area contributed by atoms with Crippen LogP contribution in [0.2, 0.25) is 0 Å². The van der Waals surface area contributed by atoms with Crippen molar-refractivity contribution in [2.24, 2.45) is 5.92 Å². The van der Waals surface area contributed by atoms with Gasteiger partial charge in [-0.15, -0.1) is 0 Å². The molecule has 0 unspecified atom stereocenters. The molecule has 0 radical (unpaired) electrons. The Morgan fingerprint density at radius 2 is 2.05 bits per heavy atom. The van der Waals surface area contributed by atoms with Crippen LogP contribution in [-0.4, -0.2) is 35.0 Å². The molecular weight excluding hydrogens is 268 g/mol. The van der Waals surface area contributed by atoms with E-state index in [1.807, 2.05) is 0 Å². The molecule has 1 saturated heterocycles. The van der Waals surface area contributed by atoms with Crippen molar-refractivity contribution in [2.45, 2.75) is 19.3 Å².